The highest BCUT2D eigenvalue weighted by Gasteiger charge is 2.31. The number of hydrogen-bond donors (Lipinski definition) is 2. The van der Waals surface area contributed by atoms with Crippen molar-refractivity contribution in [2.24, 2.45) is 7.05 Å². The minimum Gasteiger partial charge on any atom is -0.467 e. The summed E-state index contributed by atoms with van der Waals surface area (Å²) >= 11 is 0. The Balaban J connectivity index is 1.75. The predicted octanol–water partition coefficient (Wildman–Crippen LogP) is 3.20. The quantitative estimate of drug-likeness (QED) is 0.439. The van der Waals surface area contributed by atoms with Gasteiger partial charge in [0.25, 0.3) is 5.91 Å². The average Bonchev–Trinajstić information content (AvgIpc) is 3.47. The van der Waals surface area contributed by atoms with Crippen LogP contribution in [0.25, 0.3) is 11.0 Å². The summed E-state index contributed by atoms with van der Waals surface area (Å²) in [6.07, 6.45) is -1.84. The Morgan fingerprint density at radius 1 is 1.21 bits per heavy atom. The number of carbonyl (C=O) groups excluding carboxylic acids is 1. The number of alkyl halides is 3. The van der Waals surface area contributed by atoms with Crippen LogP contribution in [0.5, 0.6) is 0 Å². The number of rotatable bonds is 6. The Labute approximate surface area is 185 Å². The van der Waals surface area contributed by atoms with Crippen LogP contribution in [-0.4, -0.2) is 35.5 Å². The van der Waals surface area contributed by atoms with Crippen LogP contribution in [0.3, 0.4) is 0 Å². The predicted molar refractivity (Wildman–Crippen MR) is 112 cm³/mol. The highest BCUT2D eigenvalue weighted by molar-refractivity contribution is 7.89. The van der Waals surface area contributed by atoms with Crippen LogP contribution in [0.4, 0.5) is 19.1 Å². The fourth-order valence-corrected chi connectivity index (χ4v) is 4.11. The number of carbonyl (C=O) groups is 1. The van der Waals surface area contributed by atoms with Crippen LogP contribution in [0, 0.1) is 0 Å². The van der Waals surface area contributed by atoms with E-state index in [1.165, 1.54) is 47.8 Å². The first-order valence-corrected chi connectivity index (χ1v) is 11.0. The zero-order valence-corrected chi connectivity index (χ0v) is 18.2. The van der Waals surface area contributed by atoms with E-state index in [-0.39, 0.29) is 28.6 Å². The molecule has 0 bridgehead atoms. The zero-order valence-electron chi connectivity index (χ0n) is 17.3. The number of nitrogens with one attached hydrogen (secondary N) is 2. The van der Waals surface area contributed by atoms with Crippen molar-refractivity contribution in [3.63, 3.8) is 0 Å². The standard InChI is InChI=1S/C20H18F3N5O4S/c1-24-33(30,31)14-9-17(27(2)11-14)18(29)26-19-25-15-8-12(20(21,22)23)5-6-16(15)28(19)10-13-4-3-7-32-13/h3-9,11,24H,10H2,1-2H3,(H,25,26,29). The third-order valence-corrected chi connectivity index (χ3v) is 6.37. The third kappa shape index (κ3) is 4.36. The van der Waals surface area contributed by atoms with Crippen LogP contribution in [0.2, 0.25) is 0 Å². The monoisotopic (exact) mass is 481 g/mol. The van der Waals surface area contributed by atoms with Gasteiger partial charge in [-0.1, -0.05) is 0 Å². The summed E-state index contributed by atoms with van der Waals surface area (Å²) in [7, 11) is -1.04. The van der Waals surface area contributed by atoms with Crippen LogP contribution in [-0.2, 0) is 29.8 Å². The van der Waals surface area contributed by atoms with Crippen molar-refractivity contribution in [3.05, 3.63) is 65.9 Å². The minimum atomic E-state index is -4.55. The molecule has 0 unspecified atom stereocenters. The van der Waals surface area contributed by atoms with Crippen LogP contribution < -0.4 is 10.0 Å². The smallest absolute Gasteiger partial charge is 0.416 e. The van der Waals surface area contributed by atoms with Crippen LogP contribution in [0.1, 0.15) is 21.8 Å². The molecule has 0 spiro atoms. The molecule has 0 saturated carbocycles. The van der Waals surface area contributed by atoms with Gasteiger partial charge in [0.15, 0.2) is 0 Å². The molecule has 4 aromatic rings. The summed E-state index contributed by atoms with van der Waals surface area (Å²) < 4.78 is 73.9. The Bertz CT molecular complexity index is 1440. The van der Waals surface area contributed by atoms with E-state index in [0.717, 1.165) is 12.1 Å². The van der Waals surface area contributed by atoms with Crippen molar-refractivity contribution in [3.8, 4) is 0 Å². The molecule has 3 aromatic heterocycles. The molecule has 4 rings (SSSR count). The fourth-order valence-electron chi connectivity index (χ4n) is 3.31. The Morgan fingerprint density at radius 3 is 2.61 bits per heavy atom. The summed E-state index contributed by atoms with van der Waals surface area (Å²) in [4.78, 5) is 17.0. The largest absolute Gasteiger partial charge is 0.467 e. The SMILES string of the molecule is CNS(=O)(=O)c1cc(C(=O)Nc2nc3cc(C(F)(F)F)ccc3n2Cc2ccco2)n(C)c1. The molecule has 0 aliphatic heterocycles. The van der Waals surface area contributed by atoms with E-state index in [0.29, 0.717) is 11.3 Å². The number of halogens is 3. The Morgan fingerprint density at radius 2 is 1.97 bits per heavy atom. The molecule has 2 N–H and O–H groups in total. The van der Waals surface area contributed by atoms with Crippen LogP contribution >= 0.6 is 0 Å². The maximum atomic E-state index is 13.2. The van der Waals surface area contributed by atoms with Crippen molar-refractivity contribution in [1.29, 1.82) is 0 Å². The molecule has 0 atom stereocenters. The molecule has 33 heavy (non-hydrogen) atoms. The average molecular weight is 481 g/mol. The van der Waals surface area contributed by atoms with Crippen molar-refractivity contribution >= 4 is 32.9 Å². The highest BCUT2D eigenvalue weighted by Crippen LogP contribution is 2.32. The lowest BCUT2D eigenvalue weighted by atomic mass is 10.2. The van der Waals surface area contributed by atoms with E-state index in [2.05, 4.69) is 15.0 Å². The van der Waals surface area contributed by atoms with Gasteiger partial charge in [-0.25, -0.2) is 18.1 Å². The number of fused-ring (bicyclic) bond motifs is 1. The van der Waals surface area contributed by atoms with E-state index in [1.807, 2.05) is 0 Å². The van der Waals surface area contributed by atoms with Gasteiger partial charge < -0.3 is 13.6 Å². The molecule has 0 radical (unpaired) electrons. The normalized spacial score (nSPS) is 12.4. The number of aromatic nitrogens is 3. The molecule has 0 fully saturated rings. The van der Waals surface area contributed by atoms with E-state index in [9.17, 15) is 26.4 Å². The molecule has 0 aliphatic carbocycles. The molecule has 1 aromatic carbocycles. The number of aryl methyl sites for hydroxylation is 1. The topological polar surface area (TPSA) is 111 Å². The van der Waals surface area contributed by atoms with Gasteiger partial charge in [-0.2, -0.15) is 13.2 Å². The Kier molecular flexibility index (Phi) is 5.54. The first-order valence-electron chi connectivity index (χ1n) is 9.51. The molecule has 0 aliphatic rings. The minimum absolute atomic E-state index is 0.0106. The summed E-state index contributed by atoms with van der Waals surface area (Å²) in [5, 5.41) is 2.56. The number of furan rings is 1. The number of anilines is 1. The molecule has 174 valence electrons. The van der Waals surface area contributed by atoms with Crippen molar-refractivity contribution < 1.29 is 30.8 Å². The van der Waals surface area contributed by atoms with Gasteiger partial charge in [0.05, 0.1) is 29.4 Å². The first-order chi connectivity index (χ1) is 15.5. The van der Waals surface area contributed by atoms with Gasteiger partial charge in [-0.3, -0.25) is 10.1 Å². The molecule has 0 saturated heterocycles. The van der Waals surface area contributed by atoms with Crippen molar-refractivity contribution in [2.75, 3.05) is 12.4 Å². The summed E-state index contributed by atoms with van der Waals surface area (Å²) in [5.41, 5.74) is -0.492. The van der Waals surface area contributed by atoms with Gasteiger partial charge in [-0.05, 0) is 43.4 Å². The number of benzene rings is 1. The lowest BCUT2D eigenvalue weighted by Gasteiger charge is -2.10. The van der Waals surface area contributed by atoms with Crippen molar-refractivity contribution in [2.45, 2.75) is 17.6 Å². The third-order valence-electron chi connectivity index (χ3n) is 4.99. The summed E-state index contributed by atoms with van der Waals surface area (Å²) in [6.45, 7) is 0.0942. The summed E-state index contributed by atoms with van der Waals surface area (Å²) in [6, 6.07) is 7.60. The Hall–Kier alpha value is -3.58. The van der Waals surface area contributed by atoms with Crippen LogP contribution in [0.15, 0.2) is 58.2 Å². The number of amides is 1. The number of hydrogen-bond acceptors (Lipinski definition) is 5. The number of nitrogens with zero attached hydrogens (tertiary/aromatic N) is 3. The van der Waals surface area contributed by atoms with Gasteiger partial charge in [0, 0.05) is 13.2 Å². The van der Waals surface area contributed by atoms with Gasteiger partial charge in [0.2, 0.25) is 16.0 Å². The summed E-state index contributed by atoms with van der Waals surface area (Å²) in [5.74, 6) is -0.224. The second-order valence-corrected chi connectivity index (χ2v) is 9.02. The first kappa shape index (κ1) is 22.6. The second kappa shape index (κ2) is 8.08. The molecular weight excluding hydrogens is 463 g/mol. The highest BCUT2D eigenvalue weighted by atomic mass is 32.2. The van der Waals surface area contributed by atoms with E-state index >= 15 is 0 Å². The van der Waals surface area contributed by atoms with Gasteiger partial charge >= 0.3 is 6.18 Å². The number of sulfonamides is 1. The molecule has 3 heterocycles. The second-order valence-electron chi connectivity index (χ2n) is 7.14. The fraction of sp³-hybridized carbons (Fsp3) is 0.200. The van der Waals surface area contributed by atoms with E-state index in [1.54, 1.807) is 12.1 Å². The van der Waals surface area contributed by atoms with Crippen molar-refractivity contribution in [1.82, 2.24) is 18.8 Å². The van der Waals surface area contributed by atoms with Gasteiger partial charge in [0.1, 0.15) is 16.3 Å². The zero-order chi connectivity index (χ0) is 24.0. The van der Waals surface area contributed by atoms with Gasteiger partial charge in [-0.15, -0.1) is 0 Å². The molecule has 1 amide bonds. The maximum absolute atomic E-state index is 13.2. The molecule has 13 heteroatoms. The maximum Gasteiger partial charge on any atom is 0.416 e. The number of imidazole rings is 1. The lowest BCUT2D eigenvalue weighted by molar-refractivity contribution is -0.137. The molecular formula is C20H18F3N5O4S. The molecule has 9 nitrogen and oxygen atoms in total. The van der Waals surface area contributed by atoms with E-state index < -0.39 is 27.7 Å². The van der Waals surface area contributed by atoms with E-state index in [4.69, 9.17) is 4.42 Å². The lowest BCUT2D eigenvalue weighted by Crippen LogP contribution is -2.19.